The molecule has 1 saturated heterocycles. The van der Waals surface area contributed by atoms with Crippen molar-refractivity contribution in [3.8, 4) is 0 Å². The number of primary sulfonamides is 1. The molecule has 2 rings (SSSR count). The number of amides is 3. The van der Waals surface area contributed by atoms with Gasteiger partial charge in [-0.05, 0) is 12.8 Å². The summed E-state index contributed by atoms with van der Waals surface area (Å²) in [6.07, 6.45) is 4.71. The molecule has 1 saturated carbocycles. The second-order valence-corrected chi connectivity index (χ2v) is 5.92. The van der Waals surface area contributed by atoms with E-state index in [0.717, 1.165) is 32.1 Å². The zero-order valence-corrected chi connectivity index (χ0v) is 10.3. The minimum atomic E-state index is -3.23. The van der Waals surface area contributed by atoms with Gasteiger partial charge in [0.1, 0.15) is 0 Å². The van der Waals surface area contributed by atoms with Gasteiger partial charge in [-0.15, -0.1) is 0 Å². The summed E-state index contributed by atoms with van der Waals surface area (Å²) in [7, 11) is -3.23. The third-order valence-corrected chi connectivity index (χ3v) is 4.08. The Morgan fingerprint density at radius 3 is 1.94 bits per heavy atom. The molecule has 8 heteroatoms. The lowest BCUT2D eigenvalue weighted by molar-refractivity contribution is -0.117. The van der Waals surface area contributed by atoms with Crippen LogP contribution in [-0.4, -0.2) is 32.2 Å². The van der Waals surface area contributed by atoms with E-state index in [1.165, 1.54) is 0 Å². The third kappa shape index (κ3) is 5.14. The Morgan fingerprint density at radius 1 is 1.12 bits per heavy atom. The first-order chi connectivity index (χ1) is 7.89. The number of sulfonamides is 1. The standard InChI is InChI=1S/C6H13NO2S.C3H4N2O2/c7-10(8,9)6-4-2-1-3-5-6;6-2-1-4-3(7)5-2/h6H,1-5H2,(H2,7,8,9);1H2,(H2,4,5,6,7). The lowest BCUT2D eigenvalue weighted by Gasteiger charge is -2.18. The van der Waals surface area contributed by atoms with E-state index in [4.69, 9.17) is 5.14 Å². The van der Waals surface area contributed by atoms with Crippen molar-refractivity contribution in [3.63, 3.8) is 0 Å². The van der Waals surface area contributed by atoms with Gasteiger partial charge in [-0.1, -0.05) is 19.3 Å². The van der Waals surface area contributed by atoms with Crippen LogP contribution in [0.3, 0.4) is 0 Å². The predicted molar refractivity (Wildman–Crippen MR) is 61.5 cm³/mol. The molecule has 2 fully saturated rings. The molecule has 3 amide bonds. The summed E-state index contributed by atoms with van der Waals surface area (Å²) in [4.78, 5) is 20.1. The molecular weight excluding hydrogens is 246 g/mol. The van der Waals surface area contributed by atoms with Crippen molar-refractivity contribution in [3.05, 3.63) is 0 Å². The van der Waals surface area contributed by atoms with E-state index >= 15 is 0 Å². The summed E-state index contributed by atoms with van der Waals surface area (Å²) >= 11 is 0. The van der Waals surface area contributed by atoms with Gasteiger partial charge < -0.3 is 5.32 Å². The van der Waals surface area contributed by atoms with Crippen LogP contribution in [0.15, 0.2) is 0 Å². The molecule has 1 heterocycles. The number of hydrogen-bond acceptors (Lipinski definition) is 4. The molecule has 1 aliphatic heterocycles. The summed E-state index contributed by atoms with van der Waals surface area (Å²) < 4.78 is 21.5. The smallest absolute Gasteiger partial charge is 0.321 e. The summed E-state index contributed by atoms with van der Waals surface area (Å²) in [6.45, 7) is 0.124. The van der Waals surface area contributed by atoms with Crippen LogP contribution >= 0.6 is 0 Å². The Morgan fingerprint density at radius 2 is 1.71 bits per heavy atom. The molecule has 4 N–H and O–H groups in total. The highest BCUT2D eigenvalue weighted by Crippen LogP contribution is 2.21. The molecule has 0 radical (unpaired) electrons. The first-order valence-electron chi connectivity index (χ1n) is 5.49. The van der Waals surface area contributed by atoms with Gasteiger partial charge in [0.2, 0.25) is 15.9 Å². The number of carbonyl (C=O) groups excluding carboxylic acids is 2. The monoisotopic (exact) mass is 263 g/mol. The summed E-state index contributed by atoms with van der Waals surface area (Å²) in [5, 5.41) is 9.03. The molecule has 17 heavy (non-hydrogen) atoms. The van der Waals surface area contributed by atoms with E-state index in [2.05, 4.69) is 5.32 Å². The maximum atomic E-state index is 10.8. The van der Waals surface area contributed by atoms with E-state index in [1.807, 2.05) is 5.32 Å². The zero-order valence-electron chi connectivity index (χ0n) is 9.44. The Hall–Kier alpha value is -1.15. The first-order valence-corrected chi connectivity index (χ1v) is 7.10. The lowest BCUT2D eigenvalue weighted by Crippen LogP contribution is -2.30. The molecule has 0 unspecified atom stereocenters. The van der Waals surface area contributed by atoms with Gasteiger partial charge >= 0.3 is 6.03 Å². The summed E-state index contributed by atoms with van der Waals surface area (Å²) in [5.41, 5.74) is 0. The van der Waals surface area contributed by atoms with Crippen molar-refractivity contribution in [1.29, 1.82) is 0 Å². The van der Waals surface area contributed by atoms with Gasteiger partial charge in [0.05, 0.1) is 11.8 Å². The van der Waals surface area contributed by atoms with Crippen LogP contribution < -0.4 is 15.8 Å². The van der Waals surface area contributed by atoms with Crippen LogP contribution in [0.2, 0.25) is 0 Å². The van der Waals surface area contributed by atoms with Crippen molar-refractivity contribution >= 4 is 22.0 Å². The summed E-state index contributed by atoms with van der Waals surface area (Å²) in [5.74, 6) is -0.259. The average molecular weight is 263 g/mol. The maximum Gasteiger partial charge on any atom is 0.321 e. The quantitative estimate of drug-likeness (QED) is 0.549. The van der Waals surface area contributed by atoms with Gasteiger partial charge in [0.15, 0.2) is 0 Å². The molecule has 0 aromatic heterocycles. The number of hydrogen-bond donors (Lipinski definition) is 3. The highest BCUT2D eigenvalue weighted by molar-refractivity contribution is 7.89. The maximum absolute atomic E-state index is 10.8. The van der Waals surface area contributed by atoms with Crippen LogP contribution in [0.25, 0.3) is 0 Å². The minimum Gasteiger partial charge on any atom is -0.329 e. The minimum absolute atomic E-state index is 0.124. The van der Waals surface area contributed by atoms with E-state index in [-0.39, 0.29) is 17.7 Å². The number of carbonyl (C=O) groups is 2. The molecular formula is C9H17N3O4S. The average Bonchev–Trinajstić information content (AvgIpc) is 2.63. The fraction of sp³-hybridized carbons (Fsp3) is 0.778. The van der Waals surface area contributed by atoms with Crippen molar-refractivity contribution in [2.75, 3.05) is 6.54 Å². The highest BCUT2D eigenvalue weighted by Gasteiger charge is 2.22. The van der Waals surface area contributed by atoms with E-state index in [0.29, 0.717) is 0 Å². The Labute approximate surface area is 100 Å². The highest BCUT2D eigenvalue weighted by atomic mass is 32.2. The number of rotatable bonds is 1. The van der Waals surface area contributed by atoms with Gasteiger partial charge in [-0.2, -0.15) is 0 Å². The van der Waals surface area contributed by atoms with Gasteiger partial charge in [0, 0.05) is 0 Å². The predicted octanol–water partition coefficient (Wildman–Crippen LogP) is -0.567. The number of nitrogens with one attached hydrogen (secondary N) is 2. The molecule has 0 bridgehead atoms. The van der Waals surface area contributed by atoms with Gasteiger partial charge in [0.25, 0.3) is 0 Å². The molecule has 7 nitrogen and oxygen atoms in total. The van der Waals surface area contributed by atoms with Gasteiger partial charge in [-0.25, -0.2) is 18.4 Å². The normalized spacial score (nSPS) is 21.2. The first kappa shape index (κ1) is 13.9. The van der Waals surface area contributed by atoms with Crippen LogP contribution in [-0.2, 0) is 14.8 Å². The zero-order chi connectivity index (χ0) is 12.9. The van der Waals surface area contributed by atoms with Crippen molar-refractivity contribution < 1.29 is 18.0 Å². The molecule has 0 atom stereocenters. The Kier molecular flexibility index (Phi) is 4.88. The number of nitrogens with two attached hydrogens (primary N) is 1. The lowest BCUT2D eigenvalue weighted by atomic mass is 10.0. The van der Waals surface area contributed by atoms with E-state index in [1.54, 1.807) is 0 Å². The molecule has 2 aliphatic rings. The van der Waals surface area contributed by atoms with Crippen molar-refractivity contribution in [1.82, 2.24) is 10.6 Å². The van der Waals surface area contributed by atoms with Crippen LogP contribution in [0.5, 0.6) is 0 Å². The van der Waals surface area contributed by atoms with Gasteiger partial charge in [-0.3, -0.25) is 10.1 Å². The van der Waals surface area contributed by atoms with E-state index in [9.17, 15) is 18.0 Å². The Bertz CT molecular complexity index is 373. The second-order valence-electron chi connectivity index (χ2n) is 4.08. The second kappa shape index (κ2) is 5.97. The number of imide groups is 1. The van der Waals surface area contributed by atoms with Crippen molar-refractivity contribution in [2.45, 2.75) is 37.4 Å². The molecule has 0 aromatic rings. The van der Waals surface area contributed by atoms with E-state index < -0.39 is 16.1 Å². The van der Waals surface area contributed by atoms with Crippen LogP contribution in [0, 0.1) is 0 Å². The van der Waals surface area contributed by atoms with Crippen LogP contribution in [0.1, 0.15) is 32.1 Å². The fourth-order valence-corrected chi connectivity index (χ4v) is 2.76. The van der Waals surface area contributed by atoms with Crippen molar-refractivity contribution in [2.24, 2.45) is 5.14 Å². The molecule has 0 aromatic carbocycles. The largest absolute Gasteiger partial charge is 0.329 e. The molecule has 1 aliphatic carbocycles. The van der Waals surface area contributed by atoms with Crippen LogP contribution in [0.4, 0.5) is 4.79 Å². The molecule has 98 valence electrons. The Balaban J connectivity index is 0.000000181. The SMILES string of the molecule is NS(=O)(=O)C1CCCCC1.O=C1CNC(=O)N1. The third-order valence-electron chi connectivity index (χ3n) is 2.68. The summed E-state index contributed by atoms with van der Waals surface area (Å²) in [6, 6.07) is -0.398. The fourth-order valence-electron chi connectivity index (χ4n) is 1.77. The molecule has 0 spiro atoms. The topological polar surface area (TPSA) is 118 Å². The number of urea groups is 1.